The van der Waals surface area contributed by atoms with Crippen LogP contribution in [-0.2, 0) is 14.4 Å². The van der Waals surface area contributed by atoms with Gasteiger partial charge in [0.15, 0.2) is 5.75 Å². The Hall–Kier alpha value is -2.72. The van der Waals surface area contributed by atoms with Crippen molar-refractivity contribution in [3.05, 3.63) is 59.7 Å². The summed E-state index contributed by atoms with van der Waals surface area (Å²) in [6, 6.07) is 6.71. The maximum absolute atomic E-state index is 13.5. The molecule has 2 aliphatic carbocycles. The minimum Gasteiger partial charge on any atom is -0.461 e. The number of allylic oxidation sites excluding steroid dienone is 4. The molecule has 3 rings (SSSR count). The van der Waals surface area contributed by atoms with Gasteiger partial charge in [-0.05, 0) is 50.3 Å². The Morgan fingerprint density at radius 1 is 1.26 bits per heavy atom. The average molecular weight is 511 g/mol. The molecule has 0 radical (unpaired) electrons. The molecular weight excluding hydrogens is 481 g/mol. The van der Waals surface area contributed by atoms with Gasteiger partial charge in [0, 0.05) is 17.9 Å². The Morgan fingerprint density at radius 2 is 2.03 bits per heavy atom. The number of halogens is 3. The fraction of sp³-hybridized carbons (Fsp3) is 0.440. The number of para-hydroxylation sites is 2. The van der Waals surface area contributed by atoms with Crippen molar-refractivity contribution in [2.45, 2.75) is 49.6 Å². The molecule has 0 aromatic heterocycles. The first-order chi connectivity index (χ1) is 16.7. The summed E-state index contributed by atoms with van der Waals surface area (Å²) in [6.07, 6.45) is 3.90. The largest absolute Gasteiger partial charge is 0.461 e. The monoisotopic (exact) mass is 510 g/mol. The van der Waals surface area contributed by atoms with E-state index in [0.29, 0.717) is 12.1 Å². The van der Waals surface area contributed by atoms with E-state index < -0.39 is 17.7 Å². The topological polar surface area (TPSA) is 60.4 Å². The molecule has 35 heavy (non-hydrogen) atoms. The van der Waals surface area contributed by atoms with E-state index >= 15 is 0 Å². The Bertz CT molecular complexity index is 1020. The summed E-state index contributed by atoms with van der Waals surface area (Å²) in [5, 5.41) is 0.162. The van der Waals surface area contributed by atoms with Crippen molar-refractivity contribution in [1.82, 2.24) is 0 Å². The molecule has 0 amide bonds. The van der Waals surface area contributed by atoms with Gasteiger partial charge in [-0.3, -0.25) is 9.79 Å². The van der Waals surface area contributed by atoms with E-state index in [-0.39, 0.29) is 41.5 Å². The molecule has 1 fully saturated rings. The van der Waals surface area contributed by atoms with Gasteiger partial charge >= 0.3 is 12.1 Å². The van der Waals surface area contributed by atoms with Crippen LogP contribution < -0.4 is 9.79 Å². The quantitative estimate of drug-likeness (QED) is 0.129. The Balaban J connectivity index is 1.98. The summed E-state index contributed by atoms with van der Waals surface area (Å²) in [7, 11) is 2.79. The molecule has 0 spiro atoms. The van der Waals surface area contributed by atoms with Crippen molar-refractivity contribution >= 4 is 30.1 Å². The highest BCUT2D eigenvalue weighted by Gasteiger charge is 2.34. The lowest BCUT2D eigenvalue weighted by atomic mass is 9.97. The molecule has 0 N–H and O–H groups in total. The second-order valence-corrected chi connectivity index (χ2v) is 8.91. The molecule has 2 unspecified atom stereocenters. The first-order valence-corrected chi connectivity index (χ1v) is 11.8. The lowest BCUT2D eigenvalue weighted by molar-refractivity contribution is -0.177. The molecule has 2 aliphatic rings. The molecule has 0 heterocycles. The second-order valence-electron chi connectivity index (χ2n) is 8.18. The average Bonchev–Trinajstić information content (AvgIpc) is 3.06. The Kier molecular flexibility index (Phi) is 9.45. The zero-order chi connectivity index (χ0) is 25.4. The number of carbonyl (C=O) groups excluding carboxylic acids is 1. The van der Waals surface area contributed by atoms with Crippen LogP contribution >= 0.6 is 12.6 Å². The van der Waals surface area contributed by atoms with E-state index in [1.807, 2.05) is 0 Å². The van der Waals surface area contributed by atoms with Crippen LogP contribution in [0, 0.1) is 0 Å². The lowest BCUT2D eigenvalue weighted by Crippen LogP contribution is -2.39. The van der Waals surface area contributed by atoms with Crippen LogP contribution in [0.15, 0.2) is 64.7 Å². The number of hydrogen-bond acceptors (Lipinski definition) is 6. The molecule has 0 saturated heterocycles. The van der Waals surface area contributed by atoms with Crippen molar-refractivity contribution in [2.75, 3.05) is 25.6 Å². The molecule has 0 aliphatic heterocycles. The van der Waals surface area contributed by atoms with E-state index in [0.717, 1.165) is 31.4 Å². The van der Waals surface area contributed by atoms with Crippen LogP contribution in [0.2, 0.25) is 0 Å². The van der Waals surface area contributed by atoms with Gasteiger partial charge in [0.2, 0.25) is 0 Å². The molecule has 10 heteroatoms. The van der Waals surface area contributed by atoms with Crippen LogP contribution in [0.1, 0.15) is 32.1 Å². The first-order valence-electron chi connectivity index (χ1n) is 11.3. The highest BCUT2D eigenvalue weighted by atomic mass is 32.1. The third kappa shape index (κ3) is 7.38. The van der Waals surface area contributed by atoms with Crippen molar-refractivity contribution < 1.29 is 32.5 Å². The Labute approximate surface area is 208 Å². The fourth-order valence-electron chi connectivity index (χ4n) is 4.10. The number of anilines is 1. The van der Waals surface area contributed by atoms with E-state index in [1.165, 1.54) is 19.1 Å². The molecule has 6 nitrogen and oxygen atoms in total. The first kappa shape index (κ1) is 26.9. The van der Waals surface area contributed by atoms with Gasteiger partial charge in [-0.15, -0.1) is 0 Å². The third-order valence-electron chi connectivity index (χ3n) is 5.65. The van der Waals surface area contributed by atoms with Gasteiger partial charge in [-0.2, -0.15) is 30.7 Å². The van der Waals surface area contributed by atoms with Gasteiger partial charge < -0.3 is 14.5 Å². The van der Waals surface area contributed by atoms with Crippen molar-refractivity contribution in [3.8, 4) is 5.75 Å². The van der Waals surface area contributed by atoms with Gasteiger partial charge in [0.05, 0.1) is 18.4 Å². The van der Waals surface area contributed by atoms with E-state index in [9.17, 15) is 18.0 Å². The van der Waals surface area contributed by atoms with E-state index in [1.54, 1.807) is 36.4 Å². The van der Waals surface area contributed by atoms with Crippen molar-refractivity contribution in [1.29, 1.82) is 0 Å². The highest BCUT2D eigenvalue weighted by molar-refractivity contribution is 7.80. The summed E-state index contributed by atoms with van der Waals surface area (Å²) in [6.45, 7) is -0.291. The SMILES string of the molecule is C/N=C(\C1=CC(C(F)(F)F)=CCC=C1)N(CC(=O)OC1CCCC(S)C1)c1ccccc1OOC. The maximum Gasteiger partial charge on any atom is 0.416 e. The van der Waals surface area contributed by atoms with Crippen LogP contribution in [0.4, 0.5) is 18.9 Å². The maximum atomic E-state index is 13.5. The molecule has 1 saturated carbocycles. The summed E-state index contributed by atoms with van der Waals surface area (Å²) in [4.78, 5) is 28.8. The predicted octanol–water partition coefficient (Wildman–Crippen LogP) is 5.62. The number of thiol groups is 1. The zero-order valence-corrected chi connectivity index (χ0v) is 20.5. The standard InChI is InChI=1S/C25H29F3N2O4S/c1-29-24(17-8-3-4-9-18(14-17)25(26,27)28)30(21-12-5-6-13-22(21)34-32-2)16-23(31)33-19-10-7-11-20(35)15-19/h3,5-6,8-9,12-14,19-20,35H,4,7,10-11,15-16H2,1-2H3/b29-24+. The molecule has 0 bridgehead atoms. The molecule has 1 aromatic carbocycles. The van der Waals surface area contributed by atoms with Crippen LogP contribution in [0.3, 0.4) is 0 Å². The summed E-state index contributed by atoms with van der Waals surface area (Å²) < 4.78 is 46.3. The van der Waals surface area contributed by atoms with Crippen LogP contribution in [0.25, 0.3) is 0 Å². The van der Waals surface area contributed by atoms with Crippen LogP contribution in [0.5, 0.6) is 5.75 Å². The number of carbonyl (C=O) groups is 1. The smallest absolute Gasteiger partial charge is 0.416 e. The zero-order valence-electron chi connectivity index (χ0n) is 19.6. The van der Waals surface area contributed by atoms with Crippen molar-refractivity contribution in [3.63, 3.8) is 0 Å². The minimum absolute atomic E-state index is 0.115. The number of esters is 1. The third-order valence-corrected chi connectivity index (χ3v) is 6.12. The number of aliphatic imine (C=N–C) groups is 1. The lowest BCUT2D eigenvalue weighted by Gasteiger charge is -2.30. The minimum atomic E-state index is -4.53. The number of ether oxygens (including phenoxy) is 1. The van der Waals surface area contributed by atoms with Gasteiger partial charge in [0.25, 0.3) is 0 Å². The van der Waals surface area contributed by atoms with Gasteiger partial charge in [0.1, 0.15) is 18.5 Å². The number of benzene rings is 1. The predicted molar refractivity (Wildman–Crippen MR) is 132 cm³/mol. The van der Waals surface area contributed by atoms with E-state index in [4.69, 9.17) is 14.5 Å². The van der Waals surface area contributed by atoms with Crippen LogP contribution in [-0.4, -0.2) is 50.0 Å². The number of alkyl halides is 3. The normalized spacial score (nSPS) is 21.0. The van der Waals surface area contributed by atoms with Gasteiger partial charge in [-0.1, -0.05) is 30.4 Å². The van der Waals surface area contributed by atoms with Gasteiger partial charge in [-0.25, -0.2) is 0 Å². The number of amidine groups is 1. The molecule has 1 aromatic rings. The molecular formula is C25H29F3N2O4S. The number of rotatable bonds is 7. The molecule has 2 atom stereocenters. The number of nitrogens with zero attached hydrogens (tertiary/aromatic N) is 2. The Morgan fingerprint density at radius 3 is 2.71 bits per heavy atom. The summed E-state index contributed by atoms with van der Waals surface area (Å²) in [5.74, 6) is -0.115. The summed E-state index contributed by atoms with van der Waals surface area (Å²) >= 11 is 4.50. The fourth-order valence-corrected chi connectivity index (χ4v) is 4.52. The summed E-state index contributed by atoms with van der Waals surface area (Å²) in [5.41, 5.74) is -0.204. The van der Waals surface area contributed by atoms with E-state index in [2.05, 4.69) is 17.6 Å². The molecule has 190 valence electrons. The van der Waals surface area contributed by atoms with Crippen molar-refractivity contribution in [2.24, 2.45) is 4.99 Å². The number of hydrogen-bond donors (Lipinski definition) is 1. The second kappa shape index (κ2) is 12.3. The highest BCUT2D eigenvalue weighted by Crippen LogP contribution is 2.33.